The van der Waals surface area contributed by atoms with Crippen LogP contribution < -0.4 is 10.6 Å². The quantitative estimate of drug-likeness (QED) is 0.454. The van der Waals surface area contributed by atoms with Gasteiger partial charge in [0.05, 0.1) is 0 Å². The van der Waals surface area contributed by atoms with E-state index in [1.807, 2.05) is 18.2 Å². The summed E-state index contributed by atoms with van der Waals surface area (Å²) in [6, 6.07) is 8.27. The van der Waals surface area contributed by atoms with Crippen LogP contribution in [0, 0.1) is 5.92 Å². The van der Waals surface area contributed by atoms with Gasteiger partial charge in [-0.25, -0.2) is 9.59 Å². The van der Waals surface area contributed by atoms with Gasteiger partial charge in [-0.15, -0.1) is 0 Å². The number of hydrogen-bond acceptors (Lipinski definition) is 6. The van der Waals surface area contributed by atoms with E-state index in [1.54, 1.807) is 17.0 Å². The van der Waals surface area contributed by atoms with E-state index in [-0.39, 0.29) is 6.03 Å². The van der Waals surface area contributed by atoms with E-state index in [2.05, 4.69) is 17.6 Å². The number of benzene rings is 1. The fourth-order valence-corrected chi connectivity index (χ4v) is 5.03. The van der Waals surface area contributed by atoms with Crippen molar-refractivity contribution in [3.05, 3.63) is 30.3 Å². The third-order valence-electron chi connectivity index (χ3n) is 7.37. The number of nitrogens with zero attached hydrogens (tertiary/aromatic N) is 3. The van der Waals surface area contributed by atoms with Gasteiger partial charge < -0.3 is 25.2 Å². The fraction of sp³-hybridized carbons (Fsp3) is 0.560. The van der Waals surface area contributed by atoms with Crippen LogP contribution in [0.2, 0.25) is 0 Å². The first kappa shape index (κ1) is 25.5. The number of hydrogen-bond donors (Lipinski definition) is 2. The van der Waals surface area contributed by atoms with Crippen molar-refractivity contribution >= 4 is 35.5 Å². The molecule has 2 saturated heterocycles. The van der Waals surface area contributed by atoms with E-state index < -0.39 is 42.5 Å². The van der Waals surface area contributed by atoms with E-state index in [4.69, 9.17) is 4.74 Å². The lowest BCUT2D eigenvalue weighted by Gasteiger charge is -2.34. The minimum Gasteiger partial charge on any atom is -0.454 e. The second kappa shape index (κ2) is 11.0. The average molecular weight is 500 g/mol. The molecule has 2 heterocycles. The van der Waals surface area contributed by atoms with Gasteiger partial charge in [0.15, 0.2) is 6.61 Å². The van der Waals surface area contributed by atoms with Gasteiger partial charge in [-0.2, -0.15) is 0 Å². The first-order valence-corrected chi connectivity index (χ1v) is 12.5. The molecule has 2 N–H and O–H groups in total. The summed E-state index contributed by atoms with van der Waals surface area (Å²) in [6.07, 6.45) is 3.89. The summed E-state index contributed by atoms with van der Waals surface area (Å²) in [7, 11) is 0. The lowest BCUT2D eigenvalue weighted by molar-refractivity contribution is -0.154. The van der Waals surface area contributed by atoms with Gasteiger partial charge in [-0.1, -0.05) is 31.5 Å². The summed E-state index contributed by atoms with van der Waals surface area (Å²) in [5.74, 6) is -1.05. The van der Waals surface area contributed by atoms with Crippen LogP contribution in [0.3, 0.4) is 0 Å². The van der Waals surface area contributed by atoms with E-state index in [0.29, 0.717) is 50.6 Å². The molecule has 194 valence electrons. The second-order valence-corrected chi connectivity index (χ2v) is 9.58. The topological polar surface area (TPSA) is 128 Å². The maximum atomic E-state index is 12.9. The van der Waals surface area contributed by atoms with E-state index >= 15 is 0 Å². The fourth-order valence-electron chi connectivity index (χ4n) is 5.03. The van der Waals surface area contributed by atoms with Crippen LogP contribution in [0.1, 0.15) is 39.0 Å². The molecule has 0 unspecified atom stereocenters. The van der Waals surface area contributed by atoms with Gasteiger partial charge in [-0.3, -0.25) is 19.3 Å². The number of carbonyl (C=O) groups excluding carboxylic acids is 5. The van der Waals surface area contributed by atoms with Gasteiger partial charge in [0.1, 0.15) is 12.1 Å². The van der Waals surface area contributed by atoms with Crippen LogP contribution in [-0.4, -0.2) is 89.4 Å². The average Bonchev–Trinajstić information content (AvgIpc) is 3.12. The Hall–Kier alpha value is -3.63. The van der Waals surface area contributed by atoms with Gasteiger partial charge in [0.25, 0.3) is 11.8 Å². The van der Waals surface area contributed by atoms with Gasteiger partial charge in [0.2, 0.25) is 0 Å². The number of anilines is 1. The number of rotatable bonds is 6. The van der Waals surface area contributed by atoms with E-state index in [9.17, 15) is 24.0 Å². The maximum Gasteiger partial charge on any atom is 0.326 e. The first-order valence-electron chi connectivity index (χ1n) is 12.5. The number of piperazine rings is 1. The third-order valence-corrected chi connectivity index (χ3v) is 7.37. The molecule has 36 heavy (non-hydrogen) atoms. The summed E-state index contributed by atoms with van der Waals surface area (Å²) in [5.41, 5.74) is -0.233. The summed E-state index contributed by atoms with van der Waals surface area (Å²) in [4.78, 5) is 66.6. The predicted molar refractivity (Wildman–Crippen MR) is 130 cm³/mol. The molecule has 11 nitrogen and oxygen atoms in total. The number of urea groups is 2. The Kier molecular flexibility index (Phi) is 7.76. The zero-order valence-corrected chi connectivity index (χ0v) is 20.5. The number of ether oxygens (including phenoxy) is 1. The molecule has 3 fully saturated rings. The van der Waals surface area contributed by atoms with Crippen LogP contribution in [0.15, 0.2) is 30.3 Å². The molecule has 0 bridgehead atoms. The molecule has 6 amide bonds. The molecule has 0 radical (unpaired) electrons. The summed E-state index contributed by atoms with van der Waals surface area (Å²) < 4.78 is 5.08. The zero-order valence-electron chi connectivity index (χ0n) is 20.5. The van der Waals surface area contributed by atoms with Crippen molar-refractivity contribution in [1.29, 1.82) is 0 Å². The van der Waals surface area contributed by atoms with Crippen molar-refractivity contribution in [2.75, 3.05) is 44.6 Å². The molecule has 0 aromatic heterocycles. The standard InChI is InChI=1S/C25H33N5O6/c1-2-18-8-10-25(11-9-18)22(33)30(24(35)27-25)16-21(32)36-17-20(31)28-12-14-29(15-13-28)23(34)26-19-6-4-3-5-7-19/h3-7,18H,2,8-17H2,1H3,(H,26,34)(H,27,35). The van der Waals surface area contributed by atoms with Crippen molar-refractivity contribution in [1.82, 2.24) is 20.0 Å². The molecule has 1 aromatic carbocycles. The molecule has 4 rings (SSSR count). The normalized spacial score (nSPS) is 24.0. The number of esters is 1. The Balaban J connectivity index is 1.19. The van der Waals surface area contributed by atoms with Crippen LogP contribution in [0.4, 0.5) is 15.3 Å². The highest BCUT2D eigenvalue weighted by molar-refractivity contribution is 6.08. The highest BCUT2D eigenvalue weighted by Gasteiger charge is 2.52. The zero-order chi connectivity index (χ0) is 25.7. The van der Waals surface area contributed by atoms with Crippen LogP contribution in [-0.2, 0) is 19.1 Å². The van der Waals surface area contributed by atoms with E-state index in [1.165, 1.54) is 4.90 Å². The van der Waals surface area contributed by atoms with Crippen molar-refractivity contribution in [3.8, 4) is 0 Å². The Labute approximate surface area is 210 Å². The highest BCUT2D eigenvalue weighted by atomic mass is 16.5. The van der Waals surface area contributed by atoms with Crippen molar-refractivity contribution < 1.29 is 28.7 Å². The van der Waals surface area contributed by atoms with Crippen molar-refractivity contribution in [3.63, 3.8) is 0 Å². The number of imide groups is 1. The number of para-hydroxylation sites is 1. The van der Waals surface area contributed by atoms with Crippen LogP contribution >= 0.6 is 0 Å². The Morgan fingerprint density at radius 1 is 1.03 bits per heavy atom. The summed E-state index contributed by atoms with van der Waals surface area (Å²) in [5, 5.41) is 5.59. The smallest absolute Gasteiger partial charge is 0.326 e. The molecule has 3 aliphatic rings. The molecule has 2 aliphatic heterocycles. The Bertz CT molecular complexity index is 999. The lowest BCUT2D eigenvalue weighted by Crippen LogP contribution is -2.52. The summed E-state index contributed by atoms with van der Waals surface area (Å²) in [6.45, 7) is 2.43. The molecule has 1 spiro atoms. The third kappa shape index (κ3) is 5.60. The minimum atomic E-state index is -0.925. The molecule has 0 atom stereocenters. The van der Waals surface area contributed by atoms with Gasteiger partial charge >= 0.3 is 18.0 Å². The van der Waals surface area contributed by atoms with E-state index in [0.717, 1.165) is 24.2 Å². The highest BCUT2D eigenvalue weighted by Crippen LogP contribution is 2.37. The monoisotopic (exact) mass is 499 g/mol. The van der Waals surface area contributed by atoms with Gasteiger partial charge in [0, 0.05) is 31.9 Å². The van der Waals surface area contributed by atoms with Crippen LogP contribution in [0.5, 0.6) is 0 Å². The predicted octanol–water partition coefficient (Wildman–Crippen LogP) is 1.80. The molecular formula is C25H33N5O6. The minimum absolute atomic E-state index is 0.241. The van der Waals surface area contributed by atoms with Crippen LogP contribution in [0.25, 0.3) is 0 Å². The molecular weight excluding hydrogens is 466 g/mol. The Morgan fingerprint density at radius 2 is 1.67 bits per heavy atom. The van der Waals surface area contributed by atoms with Gasteiger partial charge in [-0.05, 0) is 43.7 Å². The van der Waals surface area contributed by atoms with Crippen molar-refractivity contribution in [2.24, 2.45) is 5.92 Å². The number of nitrogens with one attached hydrogen (secondary N) is 2. The maximum absolute atomic E-state index is 12.9. The second-order valence-electron chi connectivity index (χ2n) is 9.58. The molecule has 11 heteroatoms. The first-order chi connectivity index (χ1) is 17.3. The SMILES string of the molecule is CCC1CCC2(CC1)NC(=O)N(CC(=O)OCC(=O)N1CCN(C(=O)Nc3ccccc3)CC1)C2=O. The Morgan fingerprint density at radius 3 is 2.31 bits per heavy atom. The molecule has 1 aromatic rings. The molecule has 1 saturated carbocycles. The summed E-state index contributed by atoms with van der Waals surface area (Å²) >= 11 is 0. The lowest BCUT2D eigenvalue weighted by atomic mass is 9.75. The number of carbonyl (C=O) groups is 5. The largest absolute Gasteiger partial charge is 0.454 e. The van der Waals surface area contributed by atoms with Crippen molar-refractivity contribution in [2.45, 2.75) is 44.6 Å². The number of amides is 6. The molecule has 1 aliphatic carbocycles.